The lowest BCUT2D eigenvalue weighted by Gasteiger charge is -2.14. The highest BCUT2D eigenvalue weighted by Crippen LogP contribution is 2.21. The van der Waals surface area contributed by atoms with Gasteiger partial charge in [0, 0.05) is 5.56 Å². The van der Waals surface area contributed by atoms with E-state index in [4.69, 9.17) is 9.15 Å². The number of benzene rings is 1. The van der Waals surface area contributed by atoms with E-state index in [9.17, 15) is 9.59 Å². The van der Waals surface area contributed by atoms with Gasteiger partial charge in [0.05, 0.1) is 6.04 Å². The Balaban J connectivity index is 1.90. The van der Waals surface area contributed by atoms with Crippen molar-refractivity contribution < 1.29 is 18.7 Å². The van der Waals surface area contributed by atoms with E-state index in [1.807, 2.05) is 37.3 Å². The summed E-state index contributed by atoms with van der Waals surface area (Å²) in [6.07, 6.45) is 0. The molecule has 5 nitrogen and oxygen atoms in total. The van der Waals surface area contributed by atoms with E-state index in [1.54, 1.807) is 20.8 Å². The third kappa shape index (κ3) is 4.00. The number of hydrogen-bond donors (Lipinski definition) is 1. The van der Waals surface area contributed by atoms with Gasteiger partial charge in [-0.2, -0.15) is 0 Å². The molecule has 2 aromatic rings. The van der Waals surface area contributed by atoms with Crippen molar-refractivity contribution in [3.8, 4) is 0 Å². The lowest BCUT2D eigenvalue weighted by Crippen LogP contribution is -2.31. The first kappa shape index (κ1) is 16.8. The minimum atomic E-state index is -0.542. The molecule has 0 saturated carbocycles. The maximum absolute atomic E-state index is 12.1. The van der Waals surface area contributed by atoms with Gasteiger partial charge < -0.3 is 14.5 Å². The summed E-state index contributed by atoms with van der Waals surface area (Å²) < 4.78 is 10.5. The van der Waals surface area contributed by atoms with Crippen molar-refractivity contribution in [1.29, 1.82) is 0 Å². The molecule has 23 heavy (non-hydrogen) atoms. The van der Waals surface area contributed by atoms with E-state index in [2.05, 4.69) is 5.32 Å². The standard InChI is InChI=1S/C18H21NO4/c1-11-13(3)23-14(4)17(11)18(21)22-10-16(20)19-12(2)15-8-6-5-7-9-15/h5-9,12H,10H2,1-4H3,(H,19,20)/t12-/m1/s1. The molecule has 1 heterocycles. The Bertz CT molecular complexity index is 703. The van der Waals surface area contributed by atoms with Crippen LogP contribution in [0.5, 0.6) is 0 Å². The van der Waals surface area contributed by atoms with Crippen molar-refractivity contribution in [3.05, 3.63) is 58.5 Å². The summed E-state index contributed by atoms with van der Waals surface area (Å²) in [5, 5.41) is 2.80. The Morgan fingerprint density at radius 1 is 1.13 bits per heavy atom. The van der Waals surface area contributed by atoms with Crippen LogP contribution in [0.1, 0.15) is 46.0 Å². The minimum Gasteiger partial charge on any atom is -0.465 e. The second-order valence-electron chi connectivity index (χ2n) is 5.49. The normalized spacial score (nSPS) is 11.8. The first-order chi connectivity index (χ1) is 10.9. The van der Waals surface area contributed by atoms with E-state index in [0.29, 0.717) is 17.1 Å². The summed E-state index contributed by atoms with van der Waals surface area (Å²) in [6, 6.07) is 9.44. The van der Waals surface area contributed by atoms with E-state index < -0.39 is 5.97 Å². The Kier molecular flexibility index (Phi) is 5.21. The number of amides is 1. The van der Waals surface area contributed by atoms with Gasteiger partial charge in [-0.25, -0.2) is 4.79 Å². The SMILES string of the molecule is Cc1oc(C)c(C(=O)OCC(=O)N[C@H](C)c2ccccc2)c1C. The lowest BCUT2D eigenvalue weighted by molar-refractivity contribution is -0.124. The largest absolute Gasteiger partial charge is 0.465 e. The number of carbonyl (C=O) groups excluding carboxylic acids is 2. The zero-order valence-electron chi connectivity index (χ0n) is 13.8. The minimum absolute atomic E-state index is 0.151. The van der Waals surface area contributed by atoms with Crippen LogP contribution < -0.4 is 5.32 Å². The highest BCUT2D eigenvalue weighted by atomic mass is 16.5. The maximum atomic E-state index is 12.1. The molecule has 1 aromatic carbocycles. The fourth-order valence-electron chi connectivity index (χ4n) is 2.41. The average molecular weight is 315 g/mol. The molecular formula is C18H21NO4. The molecule has 2 rings (SSSR count). The maximum Gasteiger partial charge on any atom is 0.342 e. The van der Waals surface area contributed by atoms with Crippen LogP contribution in [0.15, 0.2) is 34.7 Å². The van der Waals surface area contributed by atoms with Crippen molar-refractivity contribution in [2.45, 2.75) is 33.7 Å². The first-order valence-electron chi connectivity index (χ1n) is 7.48. The number of ether oxygens (including phenoxy) is 1. The molecule has 0 aliphatic heterocycles. The number of furan rings is 1. The summed E-state index contributed by atoms with van der Waals surface area (Å²) in [7, 11) is 0. The van der Waals surface area contributed by atoms with Crippen LogP contribution in [0, 0.1) is 20.8 Å². The molecule has 0 aliphatic carbocycles. The molecule has 1 amide bonds. The third-order valence-corrected chi connectivity index (χ3v) is 3.78. The van der Waals surface area contributed by atoms with Crippen LogP contribution >= 0.6 is 0 Å². The molecule has 1 N–H and O–H groups in total. The van der Waals surface area contributed by atoms with Crippen LogP contribution in [0.4, 0.5) is 0 Å². The van der Waals surface area contributed by atoms with Crippen molar-refractivity contribution in [3.63, 3.8) is 0 Å². The number of nitrogens with one attached hydrogen (secondary N) is 1. The Morgan fingerprint density at radius 2 is 1.78 bits per heavy atom. The second kappa shape index (κ2) is 7.13. The quantitative estimate of drug-likeness (QED) is 0.860. The predicted molar refractivity (Wildman–Crippen MR) is 86.2 cm³/mol. The number of carbonyl (C=O) groups is 2. The summed E-state index contributed by atoms with van der Waals surface area (Å²) >= 11 is 0. The Labute approximate surface area is 135 Å². The molecular weight excluding hydrogens is 294 g/mol. The van der Waals surface area contributed by atoms with Crippen LogP contribution in [0.3, 0.4) is 0 Å². The fourth-order valence-corrected chi connectivity index (χ4v) is 2.41. The van der Waals surface area contributed by atoms with Gasteiger partial charge in [0.25, 0.3) is 5.91 Å². The van der Waals surface area contributed by atoms with Gasteiger partial charge >= 0.3 is 5.97 Å². The molecule has 0 unspecified atom stereocenters. The number of aryl methyl sites for hydroxylation is 2. The monoisotopic (exact) mass is 315 g/mol. The van der Waals surface area contributed by atoms with Gasteiger partial charge in [0.15, 0.2) is 6.61 Å². The van der Waals surface area contributed by atoms with E-state index in [1.165, 1.54) is 0 Å². The van der Waals surface area contributed by atoms with Gasteiger partial charge in [-0.15, -0.1) is 0 Å². The third-order valence-electron chi connectivity index (χ3n) is 3.78. The first-order valence-corrected chi connectivity index (χ1v) is 7.48. The van der Waals surface area contributed by atoms with Crippen molar-refractivity contribution in [1.82, 2.24) is 5.32 Å². The van der Waals surface area contributed by atoms with Gasteiger partial charge in [-0.1, -0.05) is 30.3 Å². The number of hydrogen-bond acceptors (Lipinski definition) is 4. The highest BCUT2D eigenvalue weighted by molar-refractivity contribution is 5.93. The van der Waals surface area contributed by atoms with Gasteiger partial charge in [-0.05, 0) is 33.3 Å². The van der Waals surface area contributed by atoms with Crippen molar-refractivity contribution in [2.24, 2.45) is 0 Å². The molecule has 0 spiro atoms. The topological polar surface area (TPSA) is 68.5 Å². The number of esters is 1. The van der Waals surface area contributed by atoms with Crippen LogP contribution in [-0.4, -0.2) is 18.5 Å². The Morgan fingerprint density at radius 3 is 2.35 bits per heavy atom. The molecule has 0 radical (unpaired) electrons. The zero-order valence-corrected chi connectivity index (χ0v) is 13.8. The molecule has 0 aliphatic rings. The van der Waals surface area contributed by atoms with E-state index in [0.717, 1.165) is 11.1 Å². The summed E-state index contributed by atoms with van der Waals surface area (Å²) in [5.41, 5.74) is 2.13. The van der Waals surface area contributed by atoms with Gasteiger partial charge in [-0.3, -0.25) is 4.79 Å². The van der Waals surface area contributed by atoms with Crippen LogP contribution in [0.2, 0.25) is 0 Å². The molecule has 1 atom stereocenters. The van der Waals surface area contributed by atoms with Crippen molar-refractivity contribution in [2.75, 3.05) is 6.61 Å². The fraction of sp³-hybridized carbons (Fsp3) is 0.333. The average Bonchev–Trinajstić information content (AvgIpc) is 2.78. The highest BCUT2D eigenvalue weighted by Gasteiger charge is 2.21. The molecule has 0 saturated heterocycles. The summed E-state index contributed by atoms with van der Waals surface area (Å²) in [6.45, 7) is 6.84. The van der Waals surface area contributed by atoms with Gasteiger partial charge in [0.2, 0.25) is 0 Å². The molecule has 0 fully saturated rings. The smallest absolute Gasteiger partial charge is 0.342 e. The molecule has 5 heteroatoms. The predicted octanol–water partition coefficient (Wildman–Crippen LogP) is 3.24. The van der Waals surface area contributed by atoms with Crippen LogP contribution in [0.25, 0.3) is 0 Å². The molecule has 122 valence electrons. The summed E-state index contributed by atoms with van der Waals surface area (Å²) in [4.78, 5) is 24.0. The zero-order chi connectivity index (χ0) is 17.0. The molecule has 0 bridgehead atoms. The van der Waals surface area contributed by atoms with E-state index in [-0.39, 0.29) is 18.6 Å². The van der Waals surface area contributed by atoms with Crippen molar-refractivity contribution >= 4 is 11.9 Å². The lowest BCUT2D eigenvalue weighted by atomic mass is 10.1. The van der Waals surface area contributed by atoms with Crippen LogP contribution in [-0.2, 0) is 9.53 Å². The Hall–Kier alpha value is -2.56. The number of rotatable bonds is 5. The second-order valence-corrected chi connectivity index (χ2v) is 5.49. The van der Waals surface area contributed by atoms with E-state index >= 15 is 0 Å². The summed E-state index contributed by atoms with van der Waals surface area (Å²) in [5.74, 6) is 0.296. The van der Waals surface area contributed by atoms with Gasteiger partial charge in [0.1, 0.15) is 17.1 Å². The molecule has 1 aromatic heterocycles.